The number of anilines is 1. The van der Waals surface area contributed by atoms with Gasteiger partial charge in [-0.25, -0.2) is 9.69 Å². The molecule has 0 spiro atoms. The van der Waals surface area contributed by atoms with Crippen molar-refractivity contribution in [3.05, 3.63) is 100 Å². The number of carboxylic acids is 1. The molecule has 2 fully saturated rings. The third-order valence-electron chi connectivity index (χ3n) is 6.96. The zero-order valence-electron chi connectivity index (χ0n) is 18.4. The molecule has 2 N–H and O–H groups in total. The number of hydrogen-bond donors (Lipinski definition) is 2. The van der Waals surface area contributed by atoms with Crippen LogP contribution < -0.4 is 10.2 Å². The number of nitrogens with zero attached hydrogens (tertiary/aromatic N) is 1. The third kappa shape index (κ3) is 3.30. The van der Waals surface area contributed by atoms with Crippen LogP contribution >= 0.6 is 15.9 Å². The fourth-order valence-corrected chi connectivity index (χ4v) is 5.55. The highest BCUT2D eigenvalue weighted by molar-refractivity contribution is 9.10. The van der Waals surface area contributed by atoms with E-state index in [0.29, 0.717) is 11.3 Å². The van der Waals surface area contributed by atoms with E-state index in [9.17, 15) is 19.5 Å². The number of amides is 2. The predicted molar refractivity (Wildman–Crippen MR) is 131 cm³/mol. The van der Waals surface area contributed by atoms with Crippen LogP contribution in [0.15, 0.2) is 83.3 Å². The Morgan fingerprint density at radius 1 is 0.971 bits per heavy atom. The van der Waals surface area contributed by atoms with Crippen molar-refractivity contribution in [2.75, 3.05) is 4.90 Å². The normalized spacial score (nSPS) is 26.1. The minimum absolute atomic E-state index is 0.390. The highest BCUT2D eigenvalue weighted by Crippen LogP contribution is 2.53. The van der Waals surface area contributed by atoms with Crippen molar-refractivity contribution in [1.82, 2.24) is 5.32 Å². The van der Waals surface area contributed by atoms with Crippen LogP contribution in [0, 0.1) is 11.8 Å². The molecule has 6 nitrogen and oxygen atoms in total. The van der Waals surface area contributed by atoms with Gasteiger partial charge in [-0.05, 0) is 47.4 Å². The van der Waals surface area contributed by atoms with Gasteiger partial charge in [0.25, 0.3) is 0 Å². The van der Waals surface area contributed by atoms with E-state index in [4.69, 9.17) is 0 Å². The summed E-state index contributed by atoms with van der Waals surface area (Å²) in [6.45, 7) is 2.03. The Morgan fingerprint density at radius 2 is 1.62 bits per heavy atom. The highest BCUT2D eigenvalue weighted by atomic mass is 79.9. The SMILES string of the molecule is CCc1ccc(N2C(=O)C3C(c4ccc(Br)cc4)NC(C(=O)O)(c4ccccc4)C3C2=O)cc1. The second-order valence-electron chi connectivity index (χ2n) is 8.69. The largest absolute Gasteiger partial charge is 0.480 e. The van der Waals surface area contributed by atoms with Crippen LogP contribution in [0.2, 0.25) is 0 Å². The Kier molecular flexibility index (Phi) is 5.62. The third-order valence-corrected chi connectivity index (χ3v) is 7.49. The van der Waals surface area contributed by atoms with E-state index in [0.717, 1.165) is 22.0 Å². The zero-order valence-corrected chi connectivity index (χ0v) is 20.0. The van der Waals surface area contributed by atoms with Crippen molar-refractivity contribution in [1.29, 1.82) is 0 Å². The Bertz CT molecular complexity index is 1260. The van der Waals surface area contributed by atoms with Gasteiger partial charge in [-0.2, -0.15) is 0 Å². The maximum absolute atomic E-state index is 13.9. The Hall–Kier alpha value is -3.29. The maximum Gasteiger partial charge on any atom is 0.329 e. The molecular weight excluding hydrogens is 496 g/mol. The molecule has 2 heterocycles. The van der Waals surface area contributed by atoms with Gasteiger partial charge in [0.1, 0.15) is 0 Å². The molecule has 4 unspecified atom stereocenters. The van der Waals surface area contributed by atoms with E-state index in [-0.39, 0.29) is 0 Å². The van der Waals surface area contributed by atoms with Crippen molar-refractivity contribution < 1.29 is 19.5 Å². The van der Waals surface area contributed by atoms with Crippen molar-refractivity contribution in [3.63, 3.8) is 0 Å². The lowest BCUT2D eigenvalue weighted by Gasteiger charge is -2.31. The van der Waals surface area contributed by atoms with E-state index in [1.807, 2.05) is 43.3 Å². The molecule has 7 heteroatoms. The van der Waals surface area contributed by atoms with E-state index in [2.05, 4.69) is 21.2 Å². The Morgan fingerprint density at radius 3 is 2.21 bits per heavy atom. The second-order valence-corrected chi connectivity index (χ2v) is 9.60. The van der Waals surface area contributed by atoms with E-state index < -0.39 is 41.2 Å². The summed E-state index contributed by atoms with van der Waals surface area (Å²) in [6, 6.07) is 22.7. The van der Waals surface area contributed by atoms with Crippen molar-refractivity contribution >= 4 is 39.4 Å². The summed E-state index contributed by atoms with van der Waals surface area (Å²) in [7, 11) is 0. The number of hydrogen-bond acceptors (Lipinski definition) is 4. The van der Waals surface area contributed by atoms with Crippen LogP contribution in [0.1, 0.15) is 29.7 Å². The van der Waals surface area contributed by atoms with Gasteiger partial charge in [-0.3, -0.25) is 14.9 Å². The number of carbonyl (C=O) groups excluding carboxylic acids is 2. The first kappa shape index (κ1) is 22.5. The first-order chi connectivity index (χ1) is 16.4. The molecule has 4 atom stereocenters. The summed E-state index contributed by atoms with van der Waals surface area (Å²) < 4.78 is 0.866. The number of carbonyl (C=O) groups is 3. The van der Waals surface area contributed by atoms with E-state index >= 15 is 0 Å². The van der Waals surface area contributed by atoms with Crippen molar-refractivity contribution in [3.8, 4) is 0 Å². The molecule has 0 saturated carbocycles. The minimum Gasteiger partial charge on any atom is -0.480 e. The fraction of sp³-hybridized carbons (Fsp3) is 0.222. The van der Waals surface area contributed by atoms with Crippen LogP contribution in [0.5, 0.6) is 0 Å². The van der Waals surface area contributed by atoms with E-state index in [1.165, 1.54) is 4.90 Å². The van der Waals surface area contributed by atoms with Crippen molar-refractivity contribution in [2.45, 2.75) is 24.9 Å². The lowest BCUT2D eigenvalue weighted by atomic mass is 9.75. The molecule has 3 aromatic rings. The molecule has 2 aliphatic heterocycles. The highest BCUT2D eigenvalue weighted by Gasteiger charge is 2.69. The van der Waals surface area contributed by atoms with Gasteiger partial charge in [0.2, 0.25) is 11.8 Å². The summed E-state index contributed by atoms with van der Waals surface area (Å²) in [4.78, 5) is 41.8. The van der Waals surface area contributed by atoms with Gasteiger partial charge in [-0.1, -0.05) is 77.5 Å². The molecule has 3 aromatic carbocycles. The van der Waals surface area contributed by atoms with Crippen molar-refractivity contribution in [2.24, 2.45) is 11.8 Å². The van der Waals surface area contributed by atoms with E-state index in [1.54, 1.807) is 42.5 Å². The second kappa shape index (κ2) is 8.49. The summed E-state index contributed by atoms with van der Waals surface area (Å²) in [5, 5.41) is 13.8. The molecule has 2 amide bonds. The van der Waals surface area contributed by atoms with Gasteiger partial charge in [0, 0.05) is 10.5 Å². The number of halogens is 1. The molecule has 0 aromatic heterocycles. The molecule has 2 aliphatic rings. The summed E-state index contributed by atoms with van der Waals surface area (Å²) in [6.07, 6.45) is 0.832. The zero-order chi connectivity index (χ0) is 24.0. The summed E-state index contributed by atoms with van der Waals surface area (Å²) in [5.74, 6) is -4.04. The molecule has 0 radical (unpaired) electrons. The Labute approximate surface area is 205 Å². The molecule has 172 valence electrons. The summed E-state index contributed by atoms with van der Waals surface area (Å²) >= 11 is 3.42. The number of carboxylic acid groups (broad SMARTS) is 1. The predicted octanol–water partition coefficient (Wildman–Crippen LogP) is 4.44. The molecule has 34 heavy (non-hydrogen) atoms. The average molecular weight is 519 g/mol. The fourth-order valence-electron chi connectivity index (χ4n) is 5.29. The van der Waals surface area contributed by atoms with Gasteiger partial charge < -0.3 is 5.11 Å². The van der Waals surface area contributed by atoms with Gasteiger partial charge in [-0.15, -0.1) is 0 Å². The first-order valence-corrected chi connectivity index (χ1v) is 12.0. The molecule has 0 aliphatic carbocycles. The van der Waals surface area contributed by atoms with Gasteiger partial charge >= 0.3 is 5.97 Å². The molecular formula is C27H23BrN2O4. The van der Waals surface area contributed by atoms with Crippen LogP contribution in [-0.2, 0) is 26.3 Å². The number of fused-ring (bicyclic) bond motifs is 1. The molecule has 0 bridgehead atoms. The standard InChI is InChI=1S/C27H23BrN2O4/c1-2-16-8-14-20(15-9-16)30-24(31)21-22(25(30)32)27(26(33)34,18-6-4-3-5-7-18)29-23(21)17-10-12-19(28)13-11-17/h3-15,21-23,29H,2H2,1H3,(H,33,34). The smallest absolute Gasteiger partial charge is 0.329 e. The Balaban J connectivity index is 1.68. The topological polar surface area (TPSA) is 86.7 Å². The summed E-state index contributed by atoms with van der Waals surface area (Å²) in [5.41, 5.74) is 1.00. The van der Waals surface area contributed by atoms with Gasteiger partial charge in [0.15, 0.2) is 5.54 Å². The van der Waals surface area contributed by atoms with Crippen LogP contribution in [0.3, 0.4) is 0 Å². The quantitative estimate of drug-likeness (QED) is 0.487. The number of rotatable bonds is 5. The molecule has 5 rings (SSSR count). The average Bonchev–Trinajstić information content (AvgIpc) is 3.35. The lowest BCUT2D eigenvalue weighted by molar-refractivity contribution is -0.149. The number of aryl methyl sites for hydroxylation is 1. The number of nitrogens with one attached hydrogen (secondary N) is 1. The first-order valence-electron chi connectivity index (χ1n) is 11.2. The number of imide groups is 1. The van der Waals surface area contributed by atoms with Crippen LogP contribution in [0.4, 0.5) is 5.69 Å². The minimum atomic E-state index is -1.74. The number of aliphatic carboxylic acids is 1. The molecule has 2 saturated heterocycles. The number of benzene rings is 3. The van der Waals surface area contributed by atoms with Crippen LogP contribution in [0.25, 0.3) is 0 Å². The van der Waals surface area contributed by atoms with Crippen LogP contribution in [-0.4, -0.2) is 22.9 Å². The monoisotopic (exact) mass is 518 g/mol. The maximum atomic E-state index is 13.9. The van der Waals surface area contributed by atoms with Gasteiger partial charge in [0.05, 0.1) is 17.5 Å². The lowest BCUT2D eigenvalue weighted by Crippen LogP contribution is -2.53.